The second-order valence-electron chi connectivity index (χ2n) is 6.47. The van der Waals surface area contributed by atoms with Crippen LogP contribution in [0.1, 0.15) is 17.2 Å². The molecular weight excluding hydrogens is 347 g/mol. The molecule has 5 nitrogen and oxygen atoms in total. The van der Waals surface area contributed by atoms with Gasteiger partial charge in [-0.25, -0.2) is 14.2 Å². The van der Waals surface area contributed by atoms with Crippen LogP contribution in [0.5, 0.6) is 5.88 Å². The SMILES string of the molecule is O=C(O)N1C[C@@H]2[C@H](C1)[C@@H]2c1cccc(OCc2ccc(Cl)cc2F)n1. The number of hydrogen-bond acceptors (Lipinski definition) is 3. The molecule has 2 aromatic rings. The maximum absolute atomic E-state index is 13.8. The lowest BCUT2D eigenvalue weighted by atomic mass is 10.2. The number of aromatic nitrogens is 1. The number of hydrogen-bond donors (Lipinski definition) is 1. The summed E-state index contributed by atoms with van der Waals surface area (Å²) in [5.41, 5.74) is 1.33. The van der Waals surface area contributed by atoms with Crippen molar-refractivity contribution in [3.63, 3.8) is 0 Å². The van der Waals surface area contributed by atoms with Crippen LogP contribution in [0.15, 0.2) is 36.4 Å². The number of carboxylic acid groups (broad SMARTS) is 1. The summed E-state index contributed by atoms with van der Waals surface area (Å²) in [4.78, 5) is 17.0. The highest BCUT2D eigenvalue weighted by atomic mass is 35.5. The second kappa shape index (κ2) is 6.19. The zero-order chi connectivity index (χ0) is 17.6. The van der Waals surface area contributed by atoms with E-state index in [0.29, 0.717) is 41.4 Å². The van der Waals surface area contributed by atoms with Crippen LogP contribution in [-0.2, 0) is 6.61 Å². The van der Waals surface area contributed by atoms with Gasteiger partial charge in [-0.2, -0.15) is 0 Å². The van der Waals surface area contributed by atoms with Crippen LogP contribution < -0.4 is 4.74 Å². The molecule has 1 aromatic heterocycles. The van der Waals surface area contributed by atoms with E-state index < -0.39 is 11.9 Å². The number of benzene rings is 1. The fraction of sp³-hybridized carbons (Fsp3) is 0.333. The molecule has 1 saturated carbocycles. The summed E-state index contributed by atoms with van der Waals surface area (Å²) in [6.45, 7) is 1.20. The number of likely N-dealkylation sites (tertiary alicyclic amines) is 1. The first-order chi connectivity index (χ1) is 12.0. The molecule has 1 amide bonds. The Labute approximate surface area is 149 Å². The molecule has 2 aliphatic rings. The van der Waals surface area contributed by atoms with Crippen molar-refractivity contribution in [3.8, 4) is 5.88 Å². The number of rotatable bonds is 4. The molecule has 1 N–H and O–H groups in total. The molecule has 2 fully saturated rings. The van der Waals surface area contributed by atoms with Crippen molar-refractivity contribution in [3.05, 3.63) is 58.5 Å². The summed E-state index contributed by atoms with van der Waals surface area (Å²) in [6, 6.07) is 9.99. The first-order valence-electron chi connectivity index (χ1n) is 8.04. The van der Waals surface area contributed by atoms with Gasteiger partial charge < -0.3 is 14.7 Å². The molecule has 1 aromatic carbocycles. The highest BCUT2D eigenvalue weighted by Crippen LogP contribution is 2.57. The third-order valence-electron chi connectivity index (χ3n) is 4.94. The molecule has 4 rings (SSSR count). The van der Waals surface area contributed by atoms with Gasteiger partial charge in [-0.1, -0.05) is 23.7 Å². The number of halogens is 2. The molecule has 0 radical (unpaired) electrons. The van der Waals surface area contributed by atoms with E-state index in [4.69, 9.17) is 21.4 Å². The van der Waals surface area contributed by atoms with E-state index in [2.05, 4.69) is 4.98 Å². The summed E-state index contributed by atoms with van der Waals surface area (Å²) >= 11 is 5.74. The van der Waals surface area contributed by atoms with E-state index in [9.17, 15) is 9.18 Å². The summed E-state index contributed by atoms with van der Waals surface area (Å²) < 4.78 is 19.4. The lowest BCUT2D eigenvalue weighted by Gasteiger charge is -2.15. The topological polar surface area (TPSA) is 62.7 Å². The van der Waals surface area contributed by atoms with Crippen LogP contribution in [0.2, 0.25) is 5.02 Å². The first-order valence-corrected chi connectivity index (χ1v) is 8.42. The van der Waals surface area contributed by atoms with Crippen LogP contribution in [0.3, 0.4) is 0 Å². The number of amides is 1. The normalized spacial score (nSPS) is 24.1. The van der Waals surface area contributed by atoms with Gasteiger partial charge in [0.15, 0.2) is 0 Å². The Hall–Kier alpha value is -2.34. The molecule has 3 atom stereocenters. The van der Waals surface area contributed by atoms with E-state index in [1.807, 2.05) is 12.1 Å². The Morgan fingerprint density at radius 1 is 1.32 bits per heavy atom. The number of pyridine rings is 1. The van der Waals surface area contributed by atoms with Crippen LogP contribution in [0, 0.1) is 17.7 Å². The van der Waals surface area contributed by atoms with Crippen molar-refractivity contribution in [2.24, 2.45) is 11.8 Å². The van der Waals surface area contributed by atoms with Crippen molar-refractivity contribution in [1.82, 2.24) is 9.88 Å². The predicted octanol–water partition coefficient (Wildman–Crippen LogP) is 3.78. The van der Waals surface area contributed by atoms with Gasteiger partial charge in [0, 0.05) is 41.4 Å². The molecule has 1 aliphatic heterocycles. The molecule has 0 spiro atoms. The second-order valence-corrected chi connectivity index (χ2v) is 6.90. The number of ether oxygens (including phenoxy) is 1. The number of carbonyl (C=O) groups is 1. The number of piperidine rings is 1. The minimum absolute atomic E-state index is 0.0732. The number of fused-ring (bicyclic) bond motifs is 1. The highest BCUT2D eigenvalue weighted by Gasteiger charge is 2.58. The zero-order valence-electron chi connectivity index (χ0n) is 13.2. The quantitative estimate of drug-likeness (QED) is 0.899. The summed E-state index contributed by atoms with van der Waals surface area (Å²) in [5.74, 6) is 0.993. The minimum Gasteiger partial charge on any atom is -0.473 e. The van der Waals surface area contributed by atoms with Crippen LogP contribution in [0.25, 0.3) is 0 Å². The molecule has 0 bridgehead atoms. The summed E-state index contributed by atoms with van der Waals surface area (Å²) in [7, 11) is 0. The van der Waals surface area contributed by atoms with E-state index >= 15 is 0 Å². The van der Waals surface area contributed by atoms with Gasteiger partial charge in [-0.05, 0) is 30.0 Å². The maximum atomic E-state index is 13.8. The molecule has 1 saturated heterocycles. The molecule has 0 unspecified atom stereocenters. The average Bonchev–Trinajstić information content (AvgIpc) is 3.08. The van der Waals surface area contributed by atoms with Crippen molar-refractivity contribution >= 4 is 17.7 Å². The average molecular weight is 363 g/mol. The molecule has 130 valence electrons. The van der Waals surface area contributed by atoms with Crippen LogP contribution >= 0.6 is 11.6 Å². The molecule has 7 heteroatoms. The zero-order valence-corrected chi connectivity index (χ0v) is 14.0. The van der Waals surface area contributed by atoms with E-state index in [1.165, 1.54) is 11.0 Å². The third kappa shape index (κ3) is 3.14. The van der Waals surface area contributed by atoms with Gasteiger partial charge in [0.2, 0.25) is 5.88 Å². The van der Waals surface area contributed by atoms with Crippen molar-refractivity contribution in [2.75, 3.05) is 13.1 Å². The van der Waals surface area contributed by atoms with Crippen molar-refractivity contribution in [1.29, 1.82) is 0 Å². The molecule has 1 aliphatic carbocycles. The smallest absolute Gasteiger partial charge is 0.407 e. The minimum atomic E-state index is -0.860. The lowest BCUT2D eigenvalue weighted by Crippen LogP contribution is -2.29. The van der Waals surface area contributed by atoms with Gasteiger partial charge in [0.1, 0.15) is 12.4 Å². The van der Waals surface area contributed by atoms with Crippen molar-refractivity contribution < 1.29 is 19.0 Å². The highest BCUT2D eigenvalue weighted by molar-refractivity contribution is 6.30. The number of nitrogens with zero attached hydrogens (tertiary/aromatic N) is 2. The molecule has 2 heterocycles. The van der Waals surface area contributed by atoms with Crippen LogP contribution in [-0.4, -0.2) is 34.2 Å². The van der Waals surface area contributed by atoms with Gasteiger partial charge >= 0.3 is 6.09 Å². The Bertz CT molecular complexity index is 820. The Kier molecular flexibility index (Phi) is 4.00. The summed E-state index contributed by atoms with van der Waals surface area (Å²) in [6.07, 6.45) is -0.860. The largest absolute Gasteiger partial charge is 0.473 e. The van der Waals surface area contributed by atoms with Crippen LogP contribution in [0.4, 0.5) is 9.18 Å². The molecular formula is C18H16ClFN2O3. The van der Waals surface area contributed by atoms with E-state index in [-0.39, 0.29) is 12.5 Å². The van der Waals surface area contributed by atoms with E-state index in [0.717, 1.165) is 5.69 Å². The van der Waals surface area contributed by atoms with Gasteiger partial charge in [-0.15, -0.1) is 0 Å². The first kappa shape index (κ1) is 16.1. The van der Waals surface area contributed by atoms with E-state index in [1.54, 1.807) is 18.2 Å². The fourth-order valence-corrected chi connectivity index (χ4v) is 3.77. The molecule has 25 heavy (non-hydrogen) atoms. The summed E-state index contributed by atoms with van der Waals surface area (Å²) in [5, 5.41) is 9.37. The Morgan fingerprint density at radius 2 is 2.08 bits per heavy atom. The monoisotopic (exact) mass is 362 g/mol. The Morgan fingerprint density at radius 3 is 2.76 bits per heavy atom. The fourth-order valence-electron chi connectivity index (χ4n) is 3.61. The van der Waals surface area contributed by atoms with Gasteiger partial charge in [0.05, 0.1) is 0 Å². The Balaban J connectivity index is 1.40. The maximum Gasteiger partial charge on any atom is 0.407 e. The van der Waals surface area contributed by atoms with Crippen molar-refractivity contribution in [2.45, 2.75) is 12.5 Å². The predicted molar refractivity (Wildman–Crippen MR) is 89.3 cm³/mol. The standard InChI is InChI=1S/C18H16ClFN2O3/c19-11-5-4-10(14(20)6-11)9-25-16-3-1-2-15(21-16)17-12-7-22(18(23)24)8-13(12)17/h1-6,12-13,17H,7-9H2,(H,23,24)/t12-,13+,17-. The van der Waals surface area contributed by atoms with Gasteiger partial charge in [0.25, 0.3) is 0 Å². The third-order valence-corrected chi connectivity index (χ3v) is 5.18. The van der Waals surface area contributed by atoms with Gasteiger partial charge in [-0.3, -0.25) is 0 Å². The lowest BCUT2D eigenvalue weighted by molar-refractivity contribution is 0.150.